The smallest absolute Gasteiger partial charge is 0.354 e. The topological polar surface area (TPSA) is 75.1 Å². The Morgan fingerprint density at radius 2 is 2.40 bits per heavy atom. The fraction of sp³-hybridized carbons (Fsp3) is 0.300. The van der Waals surface area contributed by atoms with E-state index in [9.17, 15) is 4.79 Å². The van der Waals surface area contributed by atoms with Crippen molar-refractivity contribution in [3.05, 3.63) is 18.1 Å². The van der Waals surface area contributed by atoms with Gasteiger partial charge in [-0.25, -0.2) is 14.8 Å². The molecule has 1 rings (SSSR count). The predicted molar refractivity (Wildman–Crippen MR) is 55.5 cm³/mol. The number of nitrogens with zero attached hydrogens (tertiary/aromatic N) is 2. The van der Waals surface area contributed by atoms with Gasteiger partial charge in [0.05, 0.1) is 0 Å². The Hall–Kier alpha value is -2.09. The van der Waals surface area contributed by atoms with Gasteiger partial charge in [0.2, 0.25) is 0 Å². The van der Waals surface area contributed by atoms with Crippen LogP contribution in [-0.2, 0) is 0 Å². The summed E-state index contributed by atoms with van der Waals surface area (Å²) in [6.45, 7) is 2.41. The van der Waals surface area contributed by atoms with Crippen LogP contribution in [0, 0.1) is 11.8 Å². The zero-order chi connectivity index (χ0) is 11.1. The van der Waals surface area contributed by atoms with Gasteiger partial charge in [0.25, 0.3) is 0 Å². The first-order chi connectivity index (χ1) is 7.24. The maximum absolute atomic E-state index is 10.6. The molecule has 0 saturated carbocycles. The van der Waals surface area contributed by atoms with Gasteiger partial charge in [-0.1, -0.05) is 0 Å². The van der Waals surface area contributed by atoms with Gasteiger partial charge in [-0.05, 0) is 6.92 Å². The number of rotatable bonds is 4. The molecule has 1 heterocycles. The average molecular weight is 205 g/mol. The van der Waals surface area contributed by atoms with Crippen molar-refractivity contribution in [2.45, 2.75) is 13.3 Å². The first-order valence-corrected chi connectivity index (χ1v) is 4.43. The zero-order valence-electron chi connectivity index (χ0n) is 8.32. The summed E-state index contributed by atoms with van der Waals surface area (Å²) in [5.74, 6) is 5.09. The molecule has 0 unspecified atom stereocenters. The Balaban J connectivity index is 2.56. The summed E-state index contributed by atoms with van der Waals surface area (Å²) >= 11 is 0. The number of carboxylic acids is 1. The first-order valence-electron chi connectivity index (χ1n) is 4.43. The van der Waals surface area contributed by atoms with E-state index < -0.39 is 5.97 Å². The van der Waals surface area contributed by atoms with Crippen molar-refractivity contribution in [1.82, 2.24) is 9.97 Å². The molecule has 0 aromatic carbocycles. The maximum atomic E-state index is 10.6. The van der Waals surface area contributed by atoms with Crippen LogP contribution < -0.4 is 5.32 Å². The van der Waals surface area contributed by atoms with Crippen LogP contribution in [-0.4, -0.2) is 27.6 Å². The molecule has 0 aliphatic heterocycles. The SMILES string of the molecule is CC#CCCNc1cc(C(=O)O)ncn1. The van der Waals surface area contributed by atoms with Crippen molar-refractivity contribution in [2.24, 2.45) is 0 Å². The molecule has 0 aliphatic rings. The third-order valence-corrected chi connectivity index (χ3v) is 1.62. The molecule has 2 N–H and O–H groups in total. The molecule has 0 amide bonds. The molecular weight excluding hydrogens is 194 g/mol. The highest BCUT2D eigenvalue weighted by Crippen LogP contribution is 2.03. The van der Waals surface area contributed by atoms with E-state index in [0.29, 0.717) is 18.8 Å². The van der Waals surface area contributed by atoms with Crippen molar-refractivity contribution in [3.8, 4) is 11.8 Å². The molecule has 1 aromatic heterocycles. The second-order valence-electron chi connectivity index (χ2n) is 2.70. The molecule has 0 bridgehead atoms. The Kier molecular flexibility index (Phi) is 4.10. The summed E-state index contributed by atoms with van der Waals surface area (Å²) in [6, 6.07) is 1.39. The van der Waals surface area contributed by atoms with Gasteiger partial charge in [-0.15, -0.1) is 11.8 Å². The van der Waals surface area contributed by atoms with Crippen LogP contribution in [0.5, 0.6) is 0 Å². The molecule has 0 aliphatic carbocycles. The van der Waals surface area contributed by atoms with E-state index in [-0.39, 0.29) is 5.69 Å². The van der Waals surface area contributed by atoms with E-state index >= 15 is 0 Å². The van der Waals surface area contributed by atoms with Gasteiger partial charge in [0, 0.05) is 19.0 Å². The molecule has 5 nitrogen and oxygen atoms in total. The molecule has 0 atom stereocenters. The third-order valence-electron chi connectivity index (χ3n) is 1.62. The summed E-state index contributed by atoms with van der Waals surface area (Å²) in [6.07, 6.45) is 1.92. The molecule has 1 aromatic rings. The van der Waals surface area contributed by atoms with Crippen molar-refractivity contribution in [2.75, 3.05) is 11.9 Å². The number of carboxylic acid groups (broad SMARTS) is 1. The van der Waals surface area contributed by atoms with Crippen LogP contribution in [0.15, 0.2) is 12.4 Å². The van der Waals surface area contributed by atoms with Gasteiger partial charge >= 0.3 is 5.97 Å². The van der Waals surface area contributed by atoms with E-state index in [1.165, 1.54) is 12.4 Å². The van der Waals surface area contributed by atoms with E-state index in [2.05, 4.69) is 27.1 Å². The van der Waals surface area contributed by atoms with E-state index in [0.717, 1.165) is 0 Å². The third kappa shape index (κ3) is 3.65. The lowest BCUT2D eigenvalue weighted by molar-refractivity contribution is 0.0690. The van der Waals surface area contributed by atoms with E-state index in [1.54, 1.807) is 6.92 Å². The Bertz CT molecular complexity index is 407. The van der Waals surface area contributed by atoms with Gasteiger partial charge in [-0.2, -0.15) is 0 Å². The lowest BCUT2D eigenvalue weighted by atomic mass is 10.3. The molecule has 0 fully saturated rings. The second-order valence-corrected chi connectivity index (χ2v) is 2.70. The summed E-state index contributed by atoms with van der Waals surface area (Å²) in [4.78, 5) is 18.1. The molecule has 5 heteroatoms. The molecule has 0 spiro atoms. The zero-order valence-corrected chi connectivity index (χ0v) is 8.32. The molecular formula is C10H11N3O2. The lowest BCUT2D eigenvalue weighted by Gasteiger charge is -2.02. The number of aromatic carboxylic acids is 1. The Morgan fingerprint density at radius 3 is 3.07 bits per heavy atom. The summed E-state index contributed by atoms with van der Waals surface area (Å²) in [7, 11) is 0. The first kappa shape index (κ1) is 11.0. The number of nitrogens with one attached hydrogen (secondary N) is 1. The number of aromatic nitrogens is 2. The van der Waals surface area contributed by atoms with E-state index in [4.69, 9.17) is 5.11 Å². The van der Waals surface area contributed by atoms with Crippen molar-refractivity contribution >= 4 is 11.8 Å². The van der Waals surface area contributed by atoms with Crippen LogP contribution in [0.3, 0.4) is 0 Å². The second kappa shape index (κ2) is 5.60. The van der Waals surface area contributed by atoms with Gasteiger partial charge in [0.15, 0.2) is 5.69 Å². The number of hydrogen-bond acceptors (Lipinski definition) is 4. The van der Waals surface area contributed by atoms with Crippen LogP contribution in [0.4, 0.5) is 5.82 Å². The molecule has 78 valence electrons. The van der Waals surface area contributed by atoms with Crippen molar-refractivity contribution in [1.29, 1.82) is 0 Å². The Morgan fingerprint density at radius 1 is 1.60 bits per heavy atom. The number of carbonyl (C=O) groups is 1. The standard InChI is InChI=1S/C10H11N3O2/c1-2-3-4-5-11-9-6-8(10(14)15)12-7-13-9/h6-7H,4-5H2,1H3,(H,14,15)(H,11,12,13). The monoisotopic (exact) mass is 205 g/mol. The summed E-state index contributed by atoms with van der Waals surface area (Å²) < 4.78 is 0. The average Bonchev–Trinajstić information content (AvgIpc) is 2.25. The normalized spacial score (nSPS) is 8.87. The molecule has 15 heavy (non-hydrogen) atoms. The van der Waals surface area contributed by atoms with Gasteiger partial charge in [-0.3, -0.25) is 0 Å². The summed E-state index contributed by atoms with van der Waals surface area (Å²) in [5.41, 5.74) is -0.0194. The highest BCUT2D eigenvalue weighted by atomic mass is 16.4. The van der Waals surface area contributed by atoms with Gasteiger partial charge < -0.3 is 10.4 Å². The number of hydrogen-bond donors (Lipinski definition) is 2. The quantitative estimate of drug-likeness (QED) is 0.566. The highest BCUT2D eigenvalue weighted by molar-refractivity contribution is 5.85. The fourth-order valence-corrected chi connectivity index (χ4v) is 0.949. The Labute approximate surface area is 87.6 Å². The van der Waals surface area contributed by atoms with Crippen LogP contribution in [0.25, 0.3) is 0 Å². The van der Waals surface area contributed by atoms with Crippen LogP contribution >= 0.6 is 0 Å². The minimum atomic E-state index is -1.06. The minimum absolute atomic E-state index is 0.0194. The molecule has 0 saturated heterocycles. The van der Waals surface area contributed by atoms with Crippen molar-refractivity contribution in [3.63, 3.8) is 0 Å². The van der Waals surface area contributed by atoms with Crippen molar-refractivity contribution < 1.29 is 9.90 Å². The van der Waals surface area contributed by atoms with Crippen LogP contribution in [0.1, 0.15) is 23.8 Å². The predicted octanol–water partition coefficient (Wildman–Crippen LogP) is 1.00. The minimum Gasteiger partial charge on any atom is -0.477 e. The van der Waals surface area contributed by atoms with Gasteiger partial charge in [0.1, 0.15) is 12.1 Å². The fourth-order valence-electron chi connectivity index (χ4n) is 0.949. The largest absolute Gasteiger partial charge is 0.477 e. The maximum Gasteiger partial charge on any atom is 0.354 e. The lowest BCUT2D eigenvalue weighted by Crippen LogP contribution is -2.06. The number of anilines is 1. The molecule has 0 radical (unpaired) electrons. The highest BCUT2D eigenvalue weighted by Gasteiger charge is 2.04. The summed E-state index contributed by atoms with van der Waals surface area (Å²) in [5, 5.41) is 11.6. The van der Waals surface area contributed by atoms with E-state index in [1.807, 2.05) is 0 Å². The van der Waals surface area contributed by atoms with Crippen LogP contribution in [0.2, 0.25) is 0 Å².